The lowest BCUT2D eigenvalue weighted by atomic mass is 10.00. The summed E-state index contributed by atoms with van der Waals surface area (Å²) in [5.41, 5.74) is 1.73. The van der Waals surface area contributed by atoms with Gasteiger partial charge in [0.1, 0.15) is 0 Å². The van der Waals surface area contributed by atoms with Crippen LogP contribution in [0.25, 0.3) is 22.0 Å². The molecule has 0 saturated carbocycles. The molecule has 0 fully saturated rings. The Morgan fingerprint density at radius 3 is 2.29 bits per heavy atom. The number of halogens is 3. The highest BCUT2D eigenvalue weighted by molar-refractivity contribution is 5.96. The maximum atomic E-state index is 13.1. The van der Waals surface area contributed by atoms with Gasteiger partial charge in [0, 0.05) is 17.1 Å². The van der Waals surface area contributed by atoms with Gasteiger partial charge >= 0.3 is 6.18 Å². The Morgan fingerprint density at radius 1 is 0.905 bits per heavy atom. The van der Waals surface area contributed by atoms with Crippen molar-refractivity contribution in [1.29, 1.82) is 0 Å². The monoisotopic (exact) mass is 287 g/mol. The van der Waals surface area contributed by atoms with E-state index in [-0.39, 0.29) is 5.39 Å². The van der Waals surface area contributed by atoms with Crippen LogP contribution in [0.5, 0.6) is 0 Å². The lowest BCUT2D eigenvalue weighted by Gasteiger charge is -2.13. The van der Waals surface area contributed by atoms with E-state index in [1.807, 2.05) is 31.2 Å². The fourth-order valence-electron chi connectivity index (χ4n) is 2.44. The first-order chi connectivity index (χ1) is 9.97. The Balaban J connectivity index is 2.32. The fraction of sp³-hybridized carbons (Fsp3) is 0.118. The third kappa shape index (κ3) is 2.49. The molecule has 3 rings (SSSR count). The molecule has 0 amide bonds. The number of aromatic nitrogens is 1. The zero-order valence-electron chi connectivity index (χ0n) is 11.3. The first-order valence-electron chi connectivity index (χ1n) is 6.49. The molecular weight excluding hydrogens is 275 g/mol. The normalized spacial score (nSPS) is 11.8. The second kappa shape index (κ2) is 4.88. The van der Waals surface area contributed by atoms with Crippen molar-refractivity contribution in [2.24, 2.45) is 0 Å². The minimum atomic E-state index is -4.41. The molecule has 1 aromatic heterocycles. The van der Waals surface area contributed by atoms with Gasteiger partial charge in [0.25, 0.3) is 0 Å². The molecule has 0 saturated heterocycles. The van der Waals surface area contributed by atoms with E-state index < -0.39 is 11.7 Å². The van der Waals surface area contributed by atoms with Gasteiger partial charge in [-0.2, -0.15) is 13.2 Å². The molecule has 0 N–H and O–H groups in total. The molecular formula is C17H12F3N. The Kier molecular flexibility index (Phi) is 3.16. The lowest BCUT2D eigenvalue weighted by Crippen LogP contribution is -2.07. The maximum absolute atomic E-state index is 13.1. The summed E-state index contributed by atoms with van der Waals surface area (Å²) >= 11 is 0. The van der Waals surface area contributed by atoms with Gasteiger partial charge in [-0.05, 0) is 18.4 Å². The van der Waals surface area contributed by atoms with Gasteiger partial charge in [-0.1, -0.05) is 48.0 Å². The van der Waals surface area contributed by atoms with E-state index in [0.717, 1.165) is 17.3 Å². The van der Waals surface area contributed by atoms with Gasteiger partial charge in [0.15, 0.2) is 0 Å². The number of rotatable bonds is 1. The molecule has 0 spiro atoms. The number of aryl methyl sites for hydroxylation is 1. The van der Waals surface area contributed by atoms with Gasteiger partial charge in [-0.25, -0.2) is 0 Å². The fourth-order valence-corrected chi connectivity index (χ4v) is 2.44. The van der Waals surface area contributed by atoms with Crippen LogP contribution >= 0.6 is 0 Å². The number of pyridine rings is 1. The molecule has 0 aliphatic rings. The number of hydrogen-bond acceptors (Lipinski definition) is 1. The molecule has 0 aliphatic carbocycles. The SMILES string of the molecule is Cc1cccc(-c2ncc(C(F)(F)F)c3ccccc23)c1. The number of alkyl halides is 3. The second-order valence-electron chi connectivity index (χ2n) is 4.93. The highest BCUT2D eigenvalue weighted by Gasteiger charge is 2.33. The van der Waals surface area contributed by atoms with E-state index in [1.165, 1.54) is 6.07 Å². The van der Waals surface area contributed by atoms with Crippen molar-refractivity contribution < 1.29 is 13.2 Å². The predicted molar refractivity (Wildman–Crippen MR) is 76.9 cm³/mol. The number of fused-ring (bicyclic) bond motifs is 1. The van der Waals surface area contributed by atoms with Crippen LogP contribution < -0.4 is 0 Å². The summed E-state index contributed by atoms with van der Waals surface area (Å²) in [5.74, 6) is 0. The summed E-state index contributed by atoms with van der Waals surface area (Å²) < 4.78 is 39.2. The smallest absolute Gasteiger partial charge is 0.255 e. The molecule has 0 bridgehead atoms. The molecule has 3 aromatic rings. The van der Waals surface area contributed by atoms with Crippen LogP contribution in [-0.2, 0) is 6.18 Å². The molecule has 4 heteroatoms. The molecule has 1 heterocycles. The van der Waals surface area contributed by atoms with E-state index in [4.69, 9.17) is 0 Å². The molecule has 21 heavy (non-hydrogen) atoms. The summed E-state index contributed by atoms with van der Waals surface area (Å²) in [7, 11) is 0. The molecule has 0 unspecified atom stereocenters. The summed E-state index contributed by atoms with van der Waals surface area (Å²) in [5, 5.41) is 0.689. The van der Waals surface area contributed by atoms with Crippen molar-refractivity contribution in [2.45, 2.75) is 13.1 Å². The highest BCUT2D eigenvalue weighted by Crippen LogP contribution is 2.37. The van der Waals surface area contributed by atoms with E-state index in [9.17, 15) is 13.2 Å². The van der Waals surface area contributed by atoms with Crippen molar-refractivity contribution >= 4 is 10.8 Å². The second-order valence-corrected chi connectivity index (χ2v) is 4.93. The maximum Gasteiger partial charge on any atom is 0.418 e. The molecule has 0 radical (unpaired) electrons. The Hall–Kier alpha value is -2.36. The summed E-state index contributed by atoms with van der Waals surface area (Å²) in [6.07, 6.45) is -3.49. The average molecular weight is 287 g/mol. The van der Waals surface area contributed by atoms with Crippen LogP contribution in [0.3, 0.4) is 0 Å². The molecule has 106 valence electrons. The minimum Gasteiger partial charge on any atom is -0.255 e. The van der Waals surface area contributed by atoms with Gasteiger partial charge in [0.05, 0.1) is 11.3 Å². The third-order valence-electron chi connectivity index (χ3n) is 3.39. The predicted octanol–water partition coefficient (Wildman–Crippen LogP) is 5.23. The topological polar surface area (TPSA) is 12.9 Å². The van der Waals surface area contributed by atoms with E-state index in [1.54, 1.807) is 18.2 Å². The standard InChI is InChI=1S/C17H12F3N/c1-11-5-4-6-12(9-11)16-14-8-3-2-7-13(14)15(10-21-16)17(18,19)20/h2-10H,1H3. The van der Waals surface area contributed by atoms with Gasteiger partial charge in [-0.3, -0.25) is 4.98 Å². The highest BCUT2D eigenvalue weighted by atomic mass is 19.4. The van der Waals surface area contributed by atoms with Crippen LogP contribution in [0.4, 0.5) is 13.2 Å². The quantitative estimate of drug-likeness (QED) is 0.597. The lowest BCUT2D eigenvalue weighted by molar-refractivity contribution is -0.136. The van der Waals surface area contributed by atoms with Gasteiger partial charge in [-0.15, -0.1) is 0 Å². The zero-order chi connectivity index (χ0) is 15.0. The third-order valence-corrected chi connectivity index (χ3v) is 3.39. The van der Waals surface area contributed by atoms with Gasteiger partial charge < -0.3 is 0 Å². The van der Waals surface area contributed by atoms with Crippen molar-refractivity contribution in [3.05, 3.63) is 65.9 Å². The largest absolute Gasteiger partial charge is 0.418 e. The molecule has 1 nitrogen and oxygen atoms in total. The molecule has 2 aromatic carbocycles. The summed E-state index contributed by atoms with van der Waals surface area (Å²) in [4.78, 5) is 4.06. The van der Waals surface area contributed by atoms with Crippen LogP contribution in [0.1, 0.15) is 11.1 Å². The van der Waals surface area contributed by atoms with Crippen LogP contribution in [-0.4, -0.2) is 4.98 Å². The summed E-state index contributed by atoms with van der Waals surface area (Å²) in [6, 6.07) is 14.1. The van der Waals surface area contributed by atoms with Crippen molar-refractivity contribution in [2.75, 3.05) is 0 Å². The van der Waals surface area contributed by atoms with Crippen LogP contribution in [0.15, 0.2) is 54.7 Å². The molecule has 0 aliphatic heterocycles. The zero-order valence-corrected chi connectivity index (χ0v) is 11.3. The molecule has 0 atom stereocenters. The van der Waals surface area contributed by atoms with E-state index >= 15 is 0 Å². The number of benzene rings is 2. The first-order valence-corrected chi connectivity index (χ1v) is 6.49. The van der Waals surface area contributed by atoms with Crippen molar-refractivity contribution in [3.63, 3.8) is 0 Å². The average Bonchev–Trinajstić information content (AvgIpc) is 2.45. The Morgan fingerprint density at radius 2 is 1.62 bits per heavy atom. The van der Waals surface area contributed by atoms with Crippen LogP contribution in [0.2, 0.25) is 0 Å². The number of hydrogen-bond donors (Lipinski definition) is 0. The van der Waals surface area contributed by atoms with Crippen molar-refractivity contribution in [3.8, 4) is 11.3 Å². The number of nitrogens with zero attached hydrogens (tertiary/aromatic N) is 1. The van der Waals surface area contributed by atoms with Gasteiger partial charge in [0.2, 0.25) is 0 Å². The van der Waals surface area contributed by atoms with E-state index in [0.29, 0.717) is 11.1 Å². The minimum absolute atomic E-state index is 0.177. The Labute approximate surface area is 120 Å². The van der Waals surface area contributed by atoms with E-state index in [2.05, 4.69) is 4.98 Å². The first kappa shape index (κ1) is 13.6. The van der Waals surface area contributed by atoms with Crippen LogP contribution in [0, 0.1) is 6.92 Å². The summed E-state index contributed by atoms with van der Waals surface area (Å²) in [6.45, 7) is 1.94. The Bertz CT molecular complexity index is 806. The van der Waals surface area contributed by atoms with Crippen molar-refractivity contribution in [1.82, 2.24) is 4.98 Å².